The number of carbonyl (C=O) groups is 2. The van der Waals surface area contributed by atoms with Gasteiger partial charge in [0.2, 0.25) is 6.79 Å². The highest BCUT2D eigenvalue weighted by atomic mass is 16.7. The lowest BCUT2D eigenvalue weighted by Gasteiger charge is -2.40. The number of rotatable bonds is 9. The molecule has 4 atom stereocenters. The van der Waals surface area contributed by atoms with Crippen LogP contribution in [0.4, 0.5) is 0 Å². The molecular weight excluding hydrogens is 514 g/mol. The molecule has 40 heavy (non-hydrogen) atoms. The van der Waals surface area contributed by atoms with Gasteiger partial charge in [-0.2, -0.15) is 0 Å². The Bertz CT molecular complexity index is 1190. The van der Waals surface area contributed by atoms with Crippen LogP contribution < -0.4 is 9.47 Å². The third-order valence-corrected chi connectivity index (χ3v) is 8.78. The molecular formula is C31H43NO8. The summed E-state index contributed by atoms with van der Waals surface area (Å²) in [4.78, 5) is 29.0. The summed E-state index contributed by atoms with van der Waals surface area (Å²) in [5.74, 6) is -0.267. The van der Waals surface area contributed by atoms with Crippen LogP contribution in [0.5, 0.6) is 11.5 Å². The van der Waals surface area contributed by atoms with E-state index in [4.69, 9.17) is 18.9 Å². The largest absolute Gasteiger partial charge is 0.463 e. The van der Waals surface area contributed by atoms with E-state index in [0.717, 1.165) is 54.8 Å². The Labute approximate surface area is 236 Å². The Morgan fingerprint density at radius 2 is 1.88 bits per heavy atom. The molecule has 1 spiro atoms. The average Bonchev–Trinajstić information content (AvgIpc) is 3.51. The number of benzene rings is 1. The normalized spacial score (nSPS) is 26.9. The zero-order chi connectivity index (χ0) is 28.9. The van der Waals surface area contributed by atoms with Gasteiger partial charge >= 0.3 is 11.9 Å². The van der Waals surface area contributed by atoms with Crippen molar-refractivity contribution < 1.29 is 38.7 Å². The second-order valence-corrected chi connectivity index (χ2v) is 12.8. The van der Waals surface area contributed by atoms with Gasteiger partial charge in [0.1, 0.15) is 6.10 Å². The van der Waals surface area contributed by atoms with E-state index in [-0.39, 0.29) is 30.8 Å². The van der Waals surface area contributed by atoms with Crippen LogP contribution in [0, 0.1) is 0 Å². The van der Waals surface area contributed by atoms with E-state index < -0.39 is 35.7 Å². The molecule has 1 aromatic rings. The maximum Gasteiger partial charge on any atom is 0.339 e. The van der Waals surface area contributed by atoms with Gasteiger partial charge in [0.15, 0.2) is 17.1 Å². The predicted molar refractivity (Wildman–Crippen MR) is 147 cm³/mol. The number of ether oxygens (including phenoxy) is 4. The van der Waals surface area contributed by atoms with Crippen LogP contribution in [0.15, 0.2) is 23.8 Å². The first kappa shape index (κ1) is 28.9. The number of fused-ring (bicyclic) bond motifs is 3. The molecule has 4 aliphatic rings. The summed E-state index contributed by atoms with van der Waals surface area (Å²) in [6, 6.07) is 4.09. The van der Waals surface area contributed by atoms with Crippen LogP contribution in [0.1, 0.15) is 90.2 Å². The van der Waals surface area contributed by atoms with Gasteiger partial charge in [-0.05, 0) is 109 Å². The zero-order valence-corrected chi connectivity index (χ0v) is 24.3. The maximum atomic E-state index is 13.9. The highest BCUT2D eigenvalue weighted by molar-refractivity contribution is 5.86. The highest BCUT2D eigenvalue weighted by Gasteiger charge is 2.57. The standard InChI is InChI=1S/C31H43NO8/c1-19(2)39-25(33)17-31(36,11-6-9-29(4,5)35)28(34)40-27-20(3)16-30-10-7-12-32(30)13-8-21-14-23-24(38-18-37-23)15-22(21)26(27)30/h14-16,19,26-27,35-36H,6-13,17-18H2,1-5H3/t26-,27?,30?,31?/m1/s1. The monoisotopic (exact) mass is 557 g/mol. The molecule has 0 aromatic heterocycles. The second kappa shape index (κ2) is 10.7. The van der Waals surface area contributed by atoms with Crippen LogP contribution in [-0.2, 0) is 25.5 Å². The molecule has 0 radical (unpaired) electrons. The number of esters is 2. The summed E-state index contributed by atoms with van der Waals surface area (Å²) < 4.78 is 22.9. The van der Waals surface area contributed by atoms with Crippen molar-refractivity contribution in [3.8, 4) is 11.5 Å². The van der Waals surface area contributed by atoms with Gasteiger partial charge in [0, 0.05) is 12.5 Å². The smallest absolute Gasteiger partial charge is 0.339 e. The van der Waals surface area contributed by atoms with Gasteiger partial charge in [-0.1, -0.05) is 6.08 Å². The summed E-state index contributed by atoms with van der Waals surface area (Å²) in [7, 11) is 0. The van der Waals surface area contributed by atoms with Gasteiger partial charge in [0.05, 0.1) is 23.7 Å². The Hall–Kier alpha value is -2.62. The van der Waals surface area contributed by atoms with Gasteiger partial charge in [0.25, 0.3) is 0 Å². The number of carbonyl (C=O) groups excluding carboxylic acids is 2. The van der Waals surface area contributed by atoms with E-state index in [0.29, 0.717) is 18.6 Å². The minimum absolute atomic E-state index is 0.0320. The number of nitrogens with zero attached hydrogens (tertiary/aromatic N) is 1. The van der Waals surface area contributed by atoms with Crippen LogP contribution >= 0.6 is 0 Å². The van der Waals surface area contributed by atoms with Gasteiger partial charge in [-0.15, -0.1) is 0 Å². The minimum Gasteiger partial charge on any atom is -0.463 e. The topological polar surface area (TPSA) is 115 Å². The average molecular weight is 558 g/mol. The number of aliphatic hydroxyl groups is 2. The summed E-state index contributed by atoms with van der Waals surface area (Å²) in [5.41, 5.74) is -0.200. The Morgan fingerprint density at radius 1 is 1.15 bits per heavy atom. The number of hydrogen-bond acceptors (Lipinski definition) is 9. The molecule has 5 rings (SSSR count). The van der Waals surface area contributed by atoms with E-state index in [9.17, 15) is 19.8 Å². The Kier molecular flexibility index (Phi) is 7.70. The molecule has 9 heteroatoms. The third-order valence-electron chi connectivity index (χ3n) is 8.78. The van der Waals surface area contributed by atoms with E-state index in [2.05, 4.69) is 17.0 Å². The van der Waals surface area contributed by atoms with Gasteiger partial charge in [-0.25, -0.2) is 4.79 Å². The molecule has 0 amide bonds. The Balaban J connectivity index is 1.47. The molecule has 220 valence electrons. The lowest BCUT2D eigenvalue weighted by Crippen LogP contribution is -2.49. The molecule has 2 N–H and O–H groups in total. The van der Waals surface area contributed by atoms with Crippen molar-refractivity contribution in [1.29, 1.82) is 0 Å². The first-order valence-electron chi connectivity index (χ1n) is 14.5. The van der Waals surface area contributed by atoms with Crippen LogP contribution in [0.3, 0.4) is 0 Å². The molecule has 1 fully saturated rings. The van der Waals surface area contributed by atoms with Crippen molar-refractivity contribution in [2.75, 3.05) is 19.9 Å². The summed E-state index contributed by atoms with van der Waals surface area (Å²) in [6.07, 6.45) is 4.22. The summed E-state index contributed by atoms with van der Waals surface area (Å²) in [5, 5.41) is 21.8. The molecule has 3 heterocycles. The van der Waals surface area contributed by atoms with Crippen molar-refractivity contribution in [2.24, 2.45) is 0 Å². The highest BCUT2D eigenvalue weighted by Crippen LogP contribution is 2.55. The lowest BCUT2D eigenvalue weighted by atomic mass is 9.77. The maximum absolute atomic E-state index is 13.9. The van der Waals surface area contributed by atoms with Crippen LogP contribution in [0.25, 0.3) is 0 Å². The van der Waals surface area contributed by atoms with Gasteiger partial charge in [-0.3, -0.25) is 9.69 Å². The molecule has 1 saturated heterocycles. The first-order valence-corrected chi connectivity index (χ1v) is 14.5. The van der Waals surface area contributed by atoms with E-state index in [1.54, 1.807) is 27.7 Å². The summed E-state index contributed by atoms with van der Waals surface area (Å²) >= 11 is 0. The molecule has 9 nitrogen and oxygen atoms in total. The predicted octanol–water partition coefficient (Wildman–Crippen LogP) is 3.78. The minimum atomic E-state index is -2.08. The molecule has 3 unspecified atom stereocenters. The van der Waals surface area contributed by atoms with Crippen molar-refractivity contribution in [1.82, 2.24) is 4.90 Å². The van der Waals surface area contributed by atoms with Crippen LogP contribution in [0.2, 0.25) is 0 Å². The van der Waals surface area contributed by atoms with Crippen molar-refractivity contribution >= 4 is 11.9 Å². The van der Waals surface area contributed by atoms with Gasteiger partial charge < -0.3 is 29.2 Å². The third kappa shape index (κ3) is 5.48. The van der Waals surface area contributed by atoms with Crippen molar-refractivity contribution in [2.45, 2.75) is 114 Å². The second-order valence-electron chi connectivity index (χ2n) is 12.8. The van der Waals surface area contributed by atoms with Crippen molar-refractivity contribution in [3.63, 3.8) is 0 Å². The van der Waals surface area contributed by atoms with Crippen molar-refractivity contribution in [3.05, 3.63) is 34.9 Å². The molecule has 0 saturated carbocycles. The van der Waals surface area contributed by atoms with E-state index >= 15 is 0 Å². The SMILES string of the molecule is CC1=CC23CCCN2CCc2cc4c(cc2[C@@H]3C1OC(=O)C(O)(CCCC(C)(C)O)CC(=O)OC(C)C)OCO4. The van der Waals surface area contributed by atoms with Crippen LogP contribution in [-0.4, -0.2) is 75.9 Å². The zero-order valence-electron chi connectivity index (χ0n) is 24.3. The fourth-order valence-electron chi connectivity index (χ4n) is 7.05. The van der Waals surface area contributed by atoms with E-state index in [1.165, 1.54) is 0 Å². The Morgan fingerprint density at radius 3 is 2.58 bits per heavy atom. The lowest BCUT2D eigenvalue weighted by molar-refractivity contribution is -0.179. The summed E-state index contributed by atoms with van der Waals surface area (Å²) in [6.45, 7) is 10.8. The van der Waals surface area contributed by atoms with E-state index in [1.807, 2.05) is 13.0 Å². The first-order chi connectivity index (χ1) is 18.8. The molecule has 3 aliphatic heterocycles. The fraction of sp³-hybridized carbons (Fsp3) is 0.677. The number of hydrogen-bond donors (Lipinski definition) is 2. The molecule has 1 aromatic carbocycles. The molecule has 1 aliphatic carbocycles. The molecule has 0 bridgehead atoms. The fourth-order valence-corrected chi connectivity index (χ4v) is 7.05. The quantitative estimate of drug-likeness (QED) is 0.346.